The number of nitrogens with zero attached hydrogens (tertiary/aromatic N) is 3. The molecular formula is C15H9Cl2F2N5. The molecule has 0 spiro atoms. The zero-order valence-corrected chi connectivity index (χ0v) is 13.4. The summed E-state index contributed by atoms with van der Waals surface area (Å²) < 4.78 is 26.3. The Kier molecular flexibility index (Phi) is 4.73. The summed E-state index contributed by atoms with van der Waals surface area (Å²) in [5.74, 6) is -0.497. The smallest absolute Gasteiger partial charge is 0.249 e. The molecule has 0 aliphatic carbocycles. The number of rotatable bonds is 4. The largest absolute Gasteiger partial charge is 0.339 e. The van der Waals surface area contributed by atoms with Crippen molar-refractivity contribution in [2.24, 2.45) is 0 Å². The van der Waals surface area contributed by atoms with Crippen molar-refractivity contribution in [3.8, 4) is 0 Å². The summed E-state index contributed by atoms with van der Waals surface area (Å²) in [5, 5.41) is 13.4. The normalized spacial score (nSPS) is 10.5. The third kappa shape index (κ3) is 3.87. The number of nitrogens with one attached hydrogen (secondary N) is 2. The highest BCUT2D eigenvalue weighted by Gasteiger charge is 2.06. The molecule has 2 aromatic carbocycles. The lowest BCUT2D eigenvalue weighted by molar-refractivity contribution is 0.628. The van der Waals surface area contributed by atoms with E-state index in [1.807, 2.05) is 0 Å². The van der Waals surface area contributed by atoms with Crippen molar-refractivity contribution in [2.45, 2.75) is 0 Å². The predicted molar refractivity (Wildman–Crippen MR) is 89.2 cm³/mol. The lowest BCUT2D eigenvalue weighted by Crippen LogP contribution is -2.02. The van der Waals surface area contributed by atoms with Gasteiger partial charge in [0.2, 0.25) is 5.95 Å². The molecule has 0 bridgehead atoms. The molecule has 0 saturated heterocycles. The van der Waals surface area contributed by atoms with Gasteiger partial charge >= 0.3 is 0 Å². The molecule has 1 heterocycles. The van der Waals surface area contributed by atoms with E-state index >= 15 is 0 Å². The number of hydrogen-bond acceptors (Lipinski definition) is 5. The molecule has 2 N–H and O–H groups in total. The Hall–Kier alpha value is -2.51. The molecule has 24 heavy (non-hydrogen) atoms. The van der Waals surface area contributed by atoms with Crippen molar-refractivity contribution in [1.29, 1.82) is 0 Å². The van der Waals surface area contributed by atoms with Crippen molar-refractivity contribution in [3.05, 3.63) is 64.3 Å². The van der Waals surface area contributed by atoms with Gasteiger partial charge in [-0.1, -0.05) is 23.2 Å². The van der Waals surface area contributed by atoms with Crippen molar-refractivity contribution in [3.63, 3.8) is 0 Å². The quantitative estimate of drug-likeness (QED) is 0.683. The SMILES string of the molecule is Fc1ccc(Nc2cnnc(Nc3ccc(F)c(Cl)c3)n2)cc1Cl. The van der Waals surface area contributed by atoms with Crippen molar-refractivity contribution in [1.82, 2.24) is 15.2 Å². The fourth-order valence-electron chi connectivity index (χ4n) is 1.84. The van der Waals surface area contributed by atoms with Crippen molar-refractivity contribution >= 4 is 46.3 Å². The molecule has 122 valence electrons. The van der Waals surface area contributed by atoms with Crippen LogP contribution < -0.4 is 10.6 Å². The molecule has 0 unspecified atom stereocenters. The first-order valence-corrected chi connectivity index (χ1v) is 7.41. The summed E-state index contributed by atoms with van der Waals surface area (Å²) in [4.78, 5) is 4.20. The first-order valence-electron chi connectivity index (χ1n) is 6.65. The minimum Gasteiger partial charge on any atom is -0.339 e. The Bertz CT molecular complexity index is 823. The average molecular weight is 368 g/mol. The maximum absolute atomic E-state index is 13.2. The zero-order valence-electron chi connectivity index (χ0n) is 11.9. The molecular weight excluding hydrogens is 359 g/mol. The molecule has 0 saturated carbocycles. The third-order valence-corrected chi connectivity index (χ3v) is 3.51. The Labute approximate surface area is 145 Å². The van der Waals surface area contributed by atoms with Gasteiger partial charge in [-0.3, -0.25) is 0 Å². The summed E-state index contributed by atoms with van der Waals surface area (Å²) in [6.07, 6.45) is 1.39. The molecule has 9 heteroatoms. The summed E-state index contributed by atoms with van der Waals surface area (Å²) >= 11 is 11.4. The van der Waals surface area contributed by atoms with E-state index in [1.165, 1.54) is 42.6 Å². The Morgan fingerprint density at radius 3 is 2.00 bits per heavy atom. The van der Waals surface area contributed by atoms with Gasteiger partial charge in [0.15, 0.2) is 5.82 Å². The fraction of sp³-hybridized carbons (Fsp3) is 0. The van der Waals surface area contributed by atoms with Crippen LogP contribution in [0.4, 0.5) is 31.9 Å². The minimum atomic E-state index is -0.523. The molecule has 0 amide bonds. The van der Waals surface area contributed by atoms with Crippen LogP contribution in [0.25, 0.3) is 0 Å². The van der Waals surface area contributed by atoms with Crippen LogP contribution in [0.2, 0.25) is 10.0 Å². The van der Waals surface area contributed by atoms with Gasteiger partial charge in [0.25, 0.3) is 0 Å². The van der Waals surface area contributed by atoms with Crippen LogP contribution in [0.3, 0.4) is 0 Å². The highest BCUT2D eigenvalue weighted by molar-refractivity contribution is 6.31. The second-order valence-corrected chi connectivity index (χ2v) is 5.49. The molecule has 0 aliphatic heterocycles. The fourth-order valence-corrected chi connectivity index (χ4v) is 2.20. The van der Waals surface area contributed by atoms with E-state index in [0.29, 0.717) is 17.2 Å². The predicted octanol–water partition coefficient (Wildman–Crippen LogP) is 4.94. The van der Waals surface area contributed by atoms with Gasteiger partial charge in [-0.2, -0.15) is 10.1 Å². The molecule has 3 aromatic rings. The number of hydrogen-bond donors (Lipinski definition) is 2. The van der Waals surface area contributed by atoms with Crippen LogP contribution in [0.5, 0.6) is 0 Å². The van der Waals surface area contributed by atoms with E-state index in [4.69, 9.17) is 23.2 Å². The van der Waals surface area contributed by atoms with Gasteiger partial charge in [-0.05, 0) is 36.4 Å². The lowest BCUT2D eigenvalue weighted by Gasteiger charge is -2.08. The first kappa shape index (κ1) is 16.4. The molecule has 1 aromatic heterocycles. The van der Waals surface area contributed by atoms with Gasteiger partial charge in [-0.25, -0.2) is 8.78 Å². The number of aromatic nitrogens is 3. The summed E-state index contributed by atoms with van der Waals surface area (Å²) in [5.41, 5.74) is 1.04. The second-order valence-electron chi connectivity index (χ2n) is 4.67. The van der Waals surface area contributed by atoms with Gasteiger partial charge in [0.1, 0.15) is 11.6 Å². The summed E-state index contributed by atoms with van der Waals surface area (Å²) in [7, 11) is 0. The van der Waals surface area contributed by atoms with Gasteiger partial charge in [0, 0.05) is 11.4 Å². The molecule has 0 radical (unpaired) electrons. The average Bonchev–Trinajstić information content (AvgIpc) is 2.55. The number of halogens is 4. The maximum Gasteiger partial charge on any atom is 0.249 e. The molecule has 0 atom stereocenters. The van der Waals surface area contributed by atoms with Gasteiger partial charge < -0.3 is 10.6 Å². The molecule has 0 fully saturated rings. The Morgan fingerprint density at radius 2 is 1.42 bits per heavy atom. The highest BCUT2D eigenvalue weighted by atomic mass is 35.5. The number of anilines is 4. The van der Waals surface area contributed by atoms with E-state index < -0.39 is 11.6 Å². The van der Waals surface area contributed by atoms with E-state index in [0.717, 1.165) is 0 Å². The monoisotopic (exact) mass is 367 g/mol. The van der Waals surface area contributed by atoms with E-state index in [1.54, 1.807) is 0 Å². The van der Waals surface area contributed by atoms with Crippen LogP contribution >= 0.6 is 23.2 Å². The summed E-state index contributed by atoms with van der Waals surface area (Å²) in [6, 6.07) is 8.28. The van der Waals surface area contributed by atoms with Crippen LogP contribution in [0.1, 0.15) is 0 Å². The van der Waals surface area contributed by atoms with E-state index in [9.17, 15) is 8.78 Å². The van der Waals surface area contributed by atoms with Crippen molar-refractivity contribution < 1.29 is 8.78 Å². The van der Waals surface area contributed by atoms with E-state index in [2.05, 4.69) is 25.8 Å². The highest BCUT2D eigenvalue weighted by Crippen LogP contribution is 2.23. The standard InChI is InChI=1S/C15H9Cl2F2N5/c16-10-5-8(1-3-12(10)18)21-14-7-20-24-15(23-14)22-9-2-4-13(19)11(17)6-9/h1-7H,(H2,21,22,23,24). The lowest BCUT2D eigenvalue weighted by atomic mass is 10.3. The van der Waals surface area contributed by atoms with E-state index in [-0.39, 0.29) is 16.0 Å². The Morgan fingerprint density at radius 1 is 0.833 bits per heavy atom. The number of benzene rings is 2. The van der Waals surface area contributed by atoms with Crippen molar-refractivity contribution in [2.75, 3.05) is 10.6 Å². The molecule has 5 nitrogen and oxygen atoms in total. The van der Waals surface area contributed by atoms with Crippen LogP contribution in [-0.4, -0.2) is 15.2 Å². The maximum atomic E-state index is 13.2. The van der Waals surface area contributed by atoms with Crippen LogP contribution in [0, 0.1) is 11.6 Å². The van der Waals surface area contributed by atoms with Gasteiger partial charge in [0.05, 0.1) is 16.2 Å². The molecule has 3 rings (SSSR count). The molecule has 0 aliphatic rings. The topological polar surface area (TPSA) is 62.7 Å². The van der Waals surface area contributed by atoms with Crippen LogP contribution in [0.15, 0.2) is 42.6 Å². The third-order valence-electron chi connectivity index (χ3n) is 2.93. The minimum absolute atomic E-state index is 0.0127. The zero-order chi connectivity index (χ0) is 17.1. The second kappa shape index (κ2) is 6.94. The van der Waals surface area contributed by atoms with Gasteiger partial charge in [-0.15, -0.1) is 5.10 Å². The first-order chi connectivity index (χ1) is 11.5. The Balaban J connectivity index is 1.78. The van der Waals surface area contributed by atoms with Crippen LogP contribution in [-0.2, 0) is 0 Å². The summed E-state index contributed by atoms with van der Waals surface area (Å²) in [6.45, 7) is 0.